The lowest BCUT2D eigenvalue weighted by atomic mass is 9.99. The van der Waals surface area contributed by atoms with E-state index in [2.05, 4.69) is 10.2 Å². The summed E-state index contributed by atoms with van der Waals surface area (Å²) in [5.74, 6) is -1.08. The van der Waals surface area contributed by atoms with Crippen molar-refractivity contribution in [3.63, 3.8) is 0 Å². The number of hydrogen-bond donors (Lipinski definition) is 3. The van der Waals surface area contributed by atoms with Gasteiger partial charge in [0, 0.05) is 55.4 Å². The lowest BCUT2D eigenvalue weighted by molar-refractivity contribution is -0.115. The third-order valence-electron chi connectivity index (χ3n) is 8.42. The third kappa shape index (κ3) is 7.19. The Labute approximate surface area is 262 Å². The molecule has 0 radical (unpaired) electrons. The number of rotatable bonds is 10. The molecule has 1 aliphatic heterocycles. The second-order valence-corrected chi connectivity index (χ2v) is 12.0. The molecule has 2 amide bonds. The van der Waals surface area contributed by atoms with Gasteiger partial charge in [-0.1, -0.05) is 37.3 Å². The number of amides is 2. The van der Waals surface area contributed by atoms with Crippen molar-refractivity contribution >= 4 is 34.4 Å². The average molecular weight is 613 g/mol. The number of likely N-dealkylation sites (N-methyl/N-ethyl adjacent to an activating group) is 1. The molecule has 1 aliphatic rings. The van der Waals surface area contributed by atoms with Crippen molar-refractivity contribution in [2.24, 2.45) is 13.0 Å². The highest BCUT2D eigenvalue weighted by atomic mass is 16.5. The monoisotopic (exact) mass is 612 g/mol. The topological polar surface area (TPSA) is 124 Å². The standard InChI is InChI=1S/C35H40N4O6/c1-22-17-39(23(2)21-40)34(42)29-16-27(36-33(41)15-26-19-38(4)30-8-6-5-7-28(26)30)13-14-31(29)45-32(22)20-37(3)18-24-9-11-25(12-10-24)35(43)44/h5-14,16,19,22-23,32,40H,15,17-18,20-21H2,1-4H3,(H,36,41)(H,43,44)/t22-,23+,32-/m1/s1. The van der Waals surface area contributed by atoms with Gasteiger partial charge in [0.2, 0.25) is 5.91 Å². The Morgan fingerprint density at radius 2 is 1.84 bits per heavy atom. The van der Waals surface area contributed by atoms with Gasteiger partial charge in [0.05, 0.1) is 30.2 Å². The van der Waals surface area contributed by atoms with Gasteiger partial charge in [0.25, 0.3) is 5.91 Å². The normalized spacial score (nSPS) is 17.4. The number of aromatic carboxylic acids is 1. The van der Waals surface area contributed by atoms with Crippen LogP contribution < -0.4 is 10.1 Å². The van der Waals surface area contributed by atoms with Gasteiger partial charge in [-0.15, -0.1) is 0 Å². The van der Waals surface area contributed by atoms with Crippen LogP contribution >= 0.6 is 0 Å². The maximum absolute atomic E-state index is 13.8. The number of aromatic nitrogens is 1. The summed E-state index contributed by atoms with van der Waals surface area (Å²) in [6.07, 6.45) is 1.85. The van der Waals surface area contributed by atoms with E-state index in [-0.39, 0.29) is 42.4 Å². The molecule has 45 heavy (non-hydrogen) atoms. The largest absolute Gasteiger partial charge is 0.488 e. The van der Waals surface area contributed by atoms with Gasteiger partial charge in [-0.2, -0.15) is 0 Å². The van der Waals surface area contributed by atoms with E-state index in [0.29, 0.717) is 36.6 Å². The number of carboxylic acids is 1. The van der Waals surface area contributed by atoms with Crippen molar-refractivity contribution in [2.45, 2.75) is 39.0 Å². The maximum Gasteiger partial charge on any atom is 0.335 e. The first-order valence-electron chi connectivity index (χ1n) is 15.1. The van der Waals surface area contributed by atoms with Gasteiger partial charge in [-0.3, -0.25) is 14.5 Å². The molecule has 1 aromatic heterocycles. The van der Waals surface area contributed by atoms with Crippen LogP contribution in [0.5, 0.6) is 5.75 Å². The molecule has 2 heterocycles. The number of anilines is 1. The fourth-order valence-corrected chi connectivity index (χ4v) is 5.90. The van der Waals surface area contributed by atoms with Crippen LogP contribution in [-0.4, -0.2) is 81.3 Å². The number of benzene rings is 3. The summed E-state index contributed by atoms with van der Waals surface area (Å²) in [6, 6.07) is 19.4. The minimum atomic E-state index is -0.964. The van der Waals surface area contributed by atoms with Crippen LogP contribution in [-0.2, 0) is 24.8 Å². The summed E-state index contributed by atoms with van der Waals surface area (Å²) in [5, 5.41) is 23.2. The zero-order valence-electron chi connectivity index (χ0n) is 26.1. The molecule has 0 spiro atoms. The molecule has 0 saturated carbocycles. The number of carbonyl (C=O) groups is 3. The second kappa shape index (κ2) is 13.5. The first-order valence-corrected chi connectivity index (χ1v) is 15.1. The Morgan fingerprint density at radius 1 is 1.11 bits per heavy atom. The molecule has 10 heteroatoms. The van der Waals surface area contributed by atoms with Crippen LogP contribution in [0.3, 0.4) is 0 Å². The Morgan fingerprint density at radius 3 is 2.56 bits per heavy atom. The number of aryl methyl sites for hydroxylation is 1. The van der Waals surface area contributed by atoms with E-state index in [1.165, 1.54) is 0 Å². The fourth-order valence-electron chi connectivity index (χ4n) is 5.90. The zero-order valence-corrected chi connectivity index (χ0v) is 26.1. The maximum atomic E-state index is 13.8. The van der Waals surface area contributed by atoms with Crippen LogP contribution in [0.4, 0.5) is 5.69 Å². The molecule has 0 aliphatic carbocycles. The van der Waals surface area contributed by atoms with Crippen LogP contribution in [0.15, 0.2) is 72.9 Å². The Bertz CT molecular complexity index is 1700. The fraction of sp³-hybridized carbons (Fsp3) is 0.343. The lowest BCUT2D eigenvalue weighted by Gasteiger charge is -2.38. The molecule has 3 aromatic carbocycles. The van der Waals surface area contributed by atoms with E-state index < -0.39 is 12.0 Å². The number of hydrogen-bond acceptors (Lipinski definition) is 6. The summed E-state index contributed by atoms with van der Waals surface area (Å²) in [6.45, 7) is 5.15. The molecular formula is C35H40N4O6. The Hall–Kier alpha value is -4.67. The number of carboxylic acid groups (broad SMARTS) is 1. The quantitative estimate of drug-likeness (QED) is 0.242. The lowest BCUT2D eigenvalue weighted by Crippen LogP contribution is -2.49. The van der Waals surface area contributed by atoms with Crippen molar-refractivity contribution in [1.29, 1.82) is 0 Å². The number of para-hydroxylation sites is 1. The summed E-state index contributed by atoms with van der Waals surface area (Å²) in [5.41, 5.74) is 3.98. The van der Waals surface area contributed by atoms with Gasteiger partial charge in [0.15, 0.2) is 0 Å². The number of aliphatic hydroxyl groups is 1. The number of aliphatic hydroxyl groups excluding tert-OH is 1. The van der Waals surface area contributed by atoms with Crippen LogP contribution in [0, 0.1) is 5.92 Å². The molecular weight excluding hydrogens is 572 g/mol. The molecule has 0 unspecified atom stereocenters. The van der Waals surface area contributed by atoms with E-state index in [1.54, 1.807) is 47.4 Å². The van der Waals surface area contributed by atoms with Gasteiger partial charge < -0.3 is 29.7 Å². The van der Waals surface area contributed by atoms with Crippen molar-refractivity contribution in [3.8, 4) is 5.75 Å². The van der Waals surface area contributed by atoms with Crippen LogP contribution in [0.1, 0.15) is 45.7 Å². The first kappa shape index (κ1) is 31.7. The Kier molecular flexibility index (Phi) is 9.55. The van der Waals surface area contributed by atoms with Gasteiger partial charge >= 0.3 is 5.97 Å². The SMILES string of the molecule is C[C@@H]1CN([C@@H](C)CO)C(=O)c2cc(NC(=O)Cc3cn(C)c4ccccc34)ccc2O[C@@H]1CN(C)Cc1ccc(C(=O)O)cc1. The van der Waals surface area contributed by atoms with Crippen LogP contribution in [0.2, 0.25) is 0 Å². The molecule has 3 N–H and O–H groups in total. The zero-order chi connectivity index (χ0) is 32.2. The van der Waals surface area contributed by atoms with Gasteiger partial charge in [-0.25, -0.2) is 4.79 Å². The number of carbonyl (C=O) groups excluding carboxylic acids is 2. The number of fused-ring (bicyclic) bond motifs is 2. The van der Waals surface area contributed by atoms with Crippen molar-refractivity contribution in [3.05, 3.63) is 95.2 Å². The van der Waals surface area contributed by atoms with E-state index in [1.807, 2.05) is 63.0 Å². The molecule has 3 atom stereocenters. The van der Waals surface area contributed by atoms with Crippen molar-refractivity contribution in [1.82, 2.24) is 14.4 Å². The number of nitrogens with zero attached hydrogens (tertiary/aromatic N) is 3. The van der Waals surface area contributed by atoms with E-state index >= 15 is 0 Å². The number of ether oxygens (including phenoxy) is 1. The summed E-state index contributed by atoms with van der Waals surface area (Å²) >= 11 is 0. The van der Waals surface area contributed by atoms with Crippen molar-refractivity contribution < 1.29 is 29.3 Å². The molecule has 10 nitrogen and oxygen atoms in total. The predicted molar refractivity (Wildman–Crippen MR) is 173 cm³/mol. The summed E-state index contributed by atoms with van der Waals surface area (Å²) < 4.78 is 8.50. The van der Waals surface area contributed by atoms with E-state index in [9.17, 15) is 24.6 Å². The Balaban J connectivity index is 1.35. The highest BCUT2D eigenvalue weighted by Crippen LogP contribution is 2.31. The minimum Gasteiger partial charge on any atom is -0.488 e. The smallest absolute Gasteiger partial charge is 0.335 e. The van der Waals surface area contributed by atoms with E-state index in [4.69, 9.17) is 4.74 Å². The average Bonchev–Trinajstić information content (AvgIpc) is 3.33. The molecule has 236 valence electrons. The third-order valence-corrected chi connectivity index (χ3v) is 8.42. The minimum absolute atomic E-state index is 0.0620. The van der Waals surface area contributed by atoms with Crippen molar-refractivity contribution in [2.75, 3.05) is 32.1 Å². The van der Waals surface area contributed by atoms with E-state index in [0.717, 1.165) is 22.0 Å². The van der Waals surface area contributed by atoms with Gasteiger partial charge in [-0.05, 0) is 61.5 Å². The second-order valence-electron chi connectivity index (χ2n) is 12.0. The molecule has 0 saturated heterocycles. The summed E-state index contributed by atoms with van der Waals surface area (Å²) in [4.78, 5) is 41.9. The van der Waals surface area contributed by atoms with Crippen LogP contribution in [0.25, 0.3) is 10.9 Å². The highest BCUT2D eigenvalue weighted by Gasteiger charge is 2.33. The molecule has 0 fully saturated rings. The number of nitrogens with one attached hydrogen (secondary N) is 1. The summed E-state index contributed by atoms with van der Waals surface area (Å²) in [7, 11) is 3.92. The molecule has 5 rings (SSSR count). The first-order chi connectivity index (χ1) is 21.5. The highest BCUT2D eigenvalue weighted by molar-refractivity contribution is 6.01. The molecule has 4 aromatic rings. The van der Waals surface area contributed by atoms with Gasteiger partial charge in [0.1, 0.15) is 11.9 Å². The predicted octanol–water partition coefficient (Wildman–Crippen LogP) is 4.41. The molecule has 0 bridgehead atoms.